The van der Waals surface area contributed by atoms with Crippen molar-refractivity contribution in [2.75, 3.05) is 13.6 Å². The van der Waals surface area contributed by atoms with Crippen molar-refractivity contribution in [3.05, 3.63) is 0 Å². The second-order valence-electron chi connectivity index (χ2n) is 4.07. The van der Waals surface area contributed by atoms with E-state index in [-0.39, 0.29) is 18.6 Å². The maximum atomic E-state index is 11.9. The maximum Gasteiger partial charge on any atom is 0.390 e. The molecule has 0 bridgehead atoms. The molecule has 84 valence electrons. The molecule has 5 heteroatoms. The van der Waals surface area contributed by atoms with Crippen molar-refractivity contribution in [3.8, 4) is 0 Å². The summed E-state index contributed by atoms with van der Waals surface area (Å²) in [5.41, 5.74) is 5.70. The van der Waals surface area contributed by atoms with Gasteiger partial charge in [0.05, 0.1) is 6.42 Å². The van der Waals surface area contributed by atoms with Crippen LogP contribution < -0.4 is 5.73 Å². The number of nitrogens with zero attached hydrogens (tertiary/aromatic N) is 1. The first-order valence-electron chi connectivity index (χ1n) is 4.91. The zero-order valence-corrected chi connectivity index (χ0v) is 8.35. The normalized spacial score (nSPS) is 28.7. The van der Waals surface area contributed by atoms with Gasteiger partial charge in [0.25, 0.3) is 0 Å². The Labute approximate surface area is 82.2 Å². The summed E-state index contributed by atoms with van der Waals surface area (Å²) in [4.78, 5) is 1.78. The first-order chi connectivity index (χ1) is 6.38. The molecule has 2 N–H and O–H groups in total. The van der Waals surface area contributed by atoms with Crippen LogP contribution in [-0.2, 0) is 0 Å². The van der Waals surface area contributed by atoms with Crippen LogP contribution in [0.25, 0.3) is 0 Å². The first kappa shape index (κ1) is 11.8. The van der Waals surface area contributed by atoms with Crippen LogP contribution in [0.5, 0.6) is 0 Å². The fourth-order valence-electron chi connectivity index (χ4n) is 1.88. The molecule has 1 fully saturated rings. The SMILES string of the molecule is CN(CCC(F)(F)F)C1CCC(N)C1. The van der Waals surface area contributed by atoms with Gasteiger partial charge in [-0.2, -0.15) is 13.2 Å². The molecule has 1 aliphatic rings. The molecule has 0 radical (unpaired) electrons. The fraction of sp³-hybridized carbons (Fsp3) is 1.00. The molecule has 0 aromatic carbocycles. The van der Waals surface area contributed by atoms with Gasteiger partial charge in [0.1, 0.15) is 0 Å². The largest absolute Gasteiger partial charge is 0.390 e. The number of alkyl halides is 3. The van der Waals surface area contributed by atoms with Gasteiger partial charge in [0, 0.05) is 18.6 Å². The van der Waals surface area contributed by atoms with Crippen LogP contribution in [0.1, 0.15) is 25.7 Å². The predicted octanol–water partition coefficient (Wildman–Crippen LogP) is 1.75. The number of hydrogen-bond donors (Lipinski definition) is 1. The summed E-state index contributed by atoms with van der Waals surface area (Å²) < 4.78 is 35.8. The topological polar surface area (TPSA) is 29.3 Å². The van der Waals surface area contributed by atoms with Gasteiger partial charge < -0.3 is 10.6 Å². The molecular formula is C9H17F3N2. The monoisotopic (exact) mass is 210 g/mol. The summed E-state index contributed by atoms with van der Waals surface area (Å²) in [5.74, 6) is 0. The molecule has 2 atom stereocenters. The maximum absolute atomic E-state index is 11.9. The third kappa shape index (κ3) is 3.84. The van der Waals surface area contributed by atoms with Gasteiger partial charge in [-0.15, -0.1) is 0 Å². The van der Waals surface area contributed by atoms with Crippen molar-refractivity contribution in [1.82, 2.24) is 4.90 Å². The molecule has 2 unspecified atom stereocenters. The quantitative estimate of drug-likeness (QED) is 0.769. The predicted molar refractivity (Wildman–Crippen MR) is 48.9 cm³/mol. The van der Waals surface area contributed by atoms with Crippen LogP contribution in [0.15, 0.2) is 0 Å². The molecule has 0 saturated heterocycles. The van der Waals surface area contributed by atoms with Gasteiger partial charge >= 0.3 is 6.18 Å². The third-order valence-corrected chi connectivity index (χ3v) is 2.82. The molecule has 1 rings (SSSR count). The van der Waals surface area contributed by atoms with Crippen molar-refractivity contribution in [2.45, 2.75) is 43.9 Å². The molecule has 0 heterocycles. The lowest BCUT2D eigenvalue weighted by Gasteiger charge is -2.24. The Bertz CT molecular complexity index is 181. The molecule has 1 aliphatic carbocycles. The van der Waals surface area contributed by atoms with Crippen LogP contribution in [0.4, 0.5) is 13.2 Å². The van der Waals surface area contributed by atoms with Crippen molar-refractivity contribution in [3.63, 3.8) is 0 Å². The van der Waals surface area contributed by atoms with E-state index in [0.29, 0.717) is 0 Å². The summed E-state index contributed by atoms with van der Waals surface area (Å²) >= 11 is 0. The highest BCUT2D eigenvalue weighted by Crippen LogP contribution is 2.24. The highest BCUT2D eigenvalue weighted by atomic mass is 19.4. The number of nitrogens with two attached hydrogens (primary N) is 1. The van der Waals surface area contributed by atoms with Gasteiger partial charge in [-0.1, -0.05) is 0 Å². The molecule has 0 aromatic heterocycles. The zero-order chi connectivity index (χ0) is 10.8. The van der Waals surface area contributed by atoms with E-state index in [0.717, 1.165) is 19.3 Å². The summed E-state index contributed by atoms with van der Waals surface area (Å²) in [7, 11) is 1.74. The first-order valence-corrected chi connectivity index (χ1v) is 4.91. The Morgan fingerprint density at radius 3 is 2.43 bits per heavy atom. The van der Waals surface area contributed by atoms with Gasteiger partial charge in [0.2, 0.25) is 0 Å². The van der Waals surface area contributed by atoms with E-state index in [1.165, 1.54) is 0 Å². The Kier molecular flexibility index (Phi) is 3.78. The summed E-state index contributed by atoms with van der Waals surface area (Å²) in [5, 5.41) is 0. The fourth-order valence-corrected chi connectivity index (χ4v) is 1.88. The summed E-state index contributed by atoms with van der Waals surface area (Å²) in [6.45, 7) is 0.0842. The van der Waals surface area contributed by atoms with Crippen molar-refractivity contribution in [2.24, 2.45) is 5.73 Å². The lowest BCUT2D eigenvalue weighted by Crippen LogP contribution is -2.33. The van der Waals surface area contributed by atoms with Gasteiger partial charge in [-0.3, -0.25) is 0 Å². The zero-order valence-electron chi connectivity index (χ0n) is 8.35. The smallest absolute Gasteiger partial charge is 0.328 e. The third-order valence-electron chi connectivity index (χ3n) is 2.82. The molecule has 0 amide bonds. The van der Waals surface area contributed by atoms with Gasteiger partial charge in [-0.05, 0) is 26.3 Å². The minimum absolute atomic E-state index is 0.0842. The van der Waals surface area contributed by atoms with E-state index in [9.17, 15) is 13.2 Å². The number of hydrogen-bond acceptors (Lipinski definition) is 2. The van der Waals surface area contributed by atoms with Crippen LogP contribution in [0, 0.1) is 0 Å². The number of halogens is 3. The molecular weight excluding hydrogens is 193 g/mol. The second kappa shape index (κ2) is 4.49. The van der Waals surface area contributed by atoms with Crippen LogP contribution in [0.2, 0.25) is 0 Å². The molecule has 0 spiro atoms. The van der Waals surface area contributed by atoms with Gasteiger partial charge in [-0.25, -0.2) is 0 Å². The average molecular weight is 210 g/mol. The summed E-state index contributed by atoms with van der Waals surface area (Å²) in [6, 6.07) is 0.417. The standard InChI is InChI=1S/C9H17F3N2/c1-14(5-4-9(10,11)12)8-3-2-7(13)6-8/h7-8H,2-6,13H2,1H3. The van der Waals surface area contributed by atoms with E-state index in [1.54, 1.807) is 11.9 Å². The second-order valence-corrected chi connectivity index (χ2v) is 4.07. The minimum Gasteiger partial charge on any atom is -0.328 e. The molecule has 1 saturated carbocycles. The van der Waals surface area contributed by atoms with Crippen LogP contribution >= 0.6 is 0 Å². The van der Waals surface area contributed by atoms with E-state index in [1.807, 2.05) is 0 Å². The highest BCUT2D eigenvalue weighted by molar-refractivity contribution is 4.83. The number of rotatable bonds is 3. The molecule has 14 heavy (non-hydrogen) atoms. The Balaban J connectivity index is 2.25. The van der Waals surface area contributed by atoms with E-state index in [2.05, 4.69) is 0 Å². The Morgan fingerprint density at radius 2 is 2.00 bits per heavy atom. The minimum atomic E-state index is -4.05. The molecule has 0 aromatic rings. The van der Waals surface area contributed by atoms with Crippen molar-refractivity contribution < 1.29 is 13.2 Å². The van der Waals surface area contributed by atoms with E-state index < -0.39 is 12.6 Å². The molecule has 0 aliphatic heterocycles. The summed E-state index contributed by atoms with van der Waals surface area (Å²) in [6.07, 6.45) is -2.09. The molecule has 2 nitrogen and oxygen atoms in total. The van der Waals surface area contributed by atoms with E-state index in [4.69, 9.17) is 5.73 Å². The lowest BCUT2D eigenvalue weighted by atomic mass is 10.2. The van der Waals surface area contributed by atoms with Crippen LogP contribution in [0.3, 0.4) is 0 Å². The van der Waals surface area contributed by atoms with Crippen LogP contribution in [-0.4, -0.2) is 36.8 Å². The van der Waals surface area contributed by atoms with Gasteiger partial charge in [0.15, 0.2) is 0 Å². The highest BCUT2D eigenvalue weighted by Gasteiger charge is 2.30. The Hall–Kier alpha value is -0.290. The Morgan fingerprint density at radius 1 is 1.36 bits per heavy atom. The van der Waals surface area contributed by atoms with E-state index >= 15 is 0 Å². The lowest BCUT2D eigenvalue weighted by molar-refractivity contribution is -0.138. The van der Waals surface area contributed by atoms with Crippen molar-refractivity contribution >= 4 is 0 Å². The van der Waals surface area contributed by atoms with Crippen molar-refractivity contribution in [1.29, 1.82) is 0 Å². The average Bonchev–Trinajstić information content (AvgIpc) is 2.46.